The Kier molecular flexibility index (Phi) is 11.4. The second kappa shape index (κ2) is 15.4. The predicted octanol–water partition coefficient (Wildman–Crippen LogP) is 9.59. The van der Waals surface area contributed by atoms with E-state index in [0.717, 1.165) is 18.4 Å². The van der Waals surface area contributed by atoms with E-state index in [1.807, 2.05) is 12.1 Å². The van der Waals surface area contributed by atoms with Gasteiger partial charge >= 0.3 is 0 Å². The minimum Gasteiger partial charge on any atom is -0.494 e. The SMILES string of the molecule is COc1ccc(/C=C/C(=O)c2ccc(OCCCCOc3cc(Cl)ccc3Oc3ccc(Cl)cc3Cl)cc2)cc1OC. The van der Waals surface area contributed by atoms with E-state index in [0.29, 0.717) is 68.3 Å². The first-order chi connectivity index (χ1) is 20.4. The Morgan fingerprint density at radius 3 is 2.00 bits per heavy atom. The van der Waals surface area contributed by atoms with Gasteiger partial charge in [0.05, 0.1) is 32.5 Å². The standard InChI is InChI=1S/C33H29Cl3O6/c1-38-30-14-6-22(19-32(30)39-2)5-13-28(37)23-7-11-26(12-8-23)40-17-3-4-18-41-33-21-25(35)10-16-31(33)42-29-15-9-24(34)20-27(29)36/h5-16,19-21H,3-4,17-18H2,1-2H3/b13-5+. The zero-order valence-electron chi connectivity index (χ0n) is 23.1. The van der Waals surface area contributed by atoms with E-state index in [-0.39, 0.29) is 5.78 Å². The Labute approximate surface area is 260 Å². The third-order valence-corrected chi connectivity index (χ3v) is 6.82. The molecule has 0 saturated heterocycles. The number of ketones is 1. The van der Waals surface area contributed by atoms with Crippen molar-refractivity contribution < 1.29 is 28.5 Å². The molecule has 0 atom stereocenters. The Balaban J connectivity index is 1.22. The van der Waals surface area contributed by atoms with E-state index in [1.165, 1.54) is 6.08 Å². The number of unbranched alkanes of at least 4 members (excludes halogenated alkanes) is 1. The lowest BCUT2D eigenvalue weighted by atomic mass is 10.1. The van der Waals surface area contributed by atoms with Crippen LogP contribution >= 0.6 is 34.8 Å². The summed E-state index contributed by atoms with van der Waals surface area (Å²) in [6, 6.07) is 22.7. The van der Waals surface area contributed by atoms with Crippen molar-refractivity contribution in [3.05, 3.63) is 111 Å². The van der Waals surface area contributed by atoms with E-state index >= 15 is 0 Å². The summed E-state index contributed by atoms with van der Waals surface area (Å²) in [5.41, 5.74) is 1.39. The summed E-state index contributed by atoms with van der Waals surface area (Å²) in [6.45, 7) is 0.934. The van der Waals surface area contributed by atoms with Crippen molar-refractivity contribution in [1.82, 2.24) is 0 Å². The van der Waals surface area contributed by atoms with Crippen LogP contribution in [0.1, 0.15) is 28.8 Å². The largest absolute Gasteiger partial charge is 0.494 e. The second-order valence-electron chi connectivity index (χ2n) is 9.01. The van der Waals surface area contributed by atoms with Crippen molar-refractivity contribution in [3.8, 4) is 34.5 Å². The Morgan fingerprint density at radius 1 is 0.667 bits per heavy atom. The smallest absolute Gasteiger partial charge is 0.185 e. The van der Waals surface area contributed by atoms with E-state index in [9.17, 15) is 4.79 Å². The van der Waals surface area contributed by atoms with Crippen LogP contribution in [0.2, 0.25) is 15.1 Å². The highest BCUT2D eigenvalue weighted by Gasteiger charge is 2.11. The van der Waals surface area contributed by atoms with Crippen molar-refractivity contribution in [3.63, 3.8) is 0 Å². The molecule has 0 saturated carbocycles. The van der Waals surface area contributed by atoms with Crippen molar-refractivity contribution in [2.45, 2.75) is 12.8 Å². The zero-order chi connectivity index (χ0) is 29.9. The number of hydrogen-bond donors (Lipinski definition) is 0. The van der Waals surface area contributed by atoms with Gasteiger partial charge in [-0.15, -0.1) is 0 Å². The maximum absolute atomic E-state index is 12.6. The van der Waals surface area contributed by atoms with Gasteiger partial charge in [0.1, 0.15) is 11.5 Å². The Morgan fingerprint density at radius 2 is 1.31 bits per heavy atom. The monoisotopic (exact) mass is 626 g/mol. The minimum absolute atomic E-state index is 0.115. The highest BCUT2D eigenvalue weighted by atomic mass is 35.5. The van der Waals surface area contributed by atoms with Crippen LogP contribution in [0.3, 0.4) is 0 Å². The van der Waals surface area contributed by atoms with Gasteiger partial charge < -0.3 is 23.7 Å². The van der Waals surface area contributed by atoms with Gasteiger partial charge in [-0.2, -0.15) is 0 Å². The van der Waals surface area contributed by atoms with Gasteiger partial charge in [-0.05, 0) is 91.2 Å². The molecule has 4 aromatic carbocycles. The lowest BCUT2D eigenvalue weighted by Crippen LogP contribution is -2.03. The van der Waals surface area contributed by atoms with Crippen molar-refractivity contribution in [2.75, 3.05) is 27.4 Å². The van der Waals surface area contributed by atoms with Crippen LogP contribution in [0, 0.1) is 0 Å². The van der Waals surface area contributed by atoms with Crippen LogP contribution in [-0.2, 0) is 0 Å². The molecule has 0 fully saturated rings. The second-order valence-corrected chi connectivity index (χ2v) is 10.3. The van der Waals surface area contributed by atoms with Gasteiger partial charge in [-0.3, -0.25) is 4.79 Å². The fraction of sp³-hybridized carbons (Fsp3) is 0.182. The van der Waals surface area contributed by atoms with Crippen molar-refractivity contribution in [2.24, 2.45) is 0 Å². The molecule has 0 aromatic heterocycles. The van der Waals surface area contributed by atoms with Crippen molar-refractivity contribution in [1.29, 1.82) is 0 Å². The van der Waals surface area contributed by atoms with Crippen LogP contribution in [0.5, 0.6) is 34.5 Å². The predicted molar refractivity (Wildman–Crippen MR) is 168 cm³/mol. The van der Waals surface area contributed by atoms with Crippen LogP contribution < -0.4 is 23.7 Å². The maximum atomic E-state index is 12.6. The van der Waals surface area contributed by atoms with E-state index in [4.69, 9.17) is 58.5 Å². The highest BCUT2D eigenvalue weighted by molar-refractivity contribution is 6.35. The fourth-order valence-electron chi connectivity index (χ4n) is 3.87. The molecule has 0 N–H and O–H groups in total. The molecule has 6 nitrogen and oxygen atoms in total. The summed E-state index contributed by atoms with van der Waals surface area (Å²) in [5, 5.41) is 1.44. The first-order valence-electron chi connectivity index (χ1n) is 13.1. The quantitative estimate of drug-likeness (QED) is 0.0788. The van der Waals surface area contributed by atoms with Crippen LogP contribution in [0.15, 0.2) is 84.9 Å². The summed E-state index contributed by atoms with van der Waals surface area (Å²) >= 11 is 18.4. The van der Waals surface area contributed by atoms with Gasteiger partial charge in [-0.25, -0.2) is 0 Å². The first kappa shape index (κ1) is 31.1. The molecule has 0 aliphatic rings. The van der Waals surface area contributed by atoms with E-state index < -0.39 is 0 Å². The molecule has 0 aliphatic carbocycles. The molecule has 0 heterocycles. The molecule has 0 radical (unpaired) electrons. The highest BCUT2D eigenvalue weighted by Crippen LogP contribution is 2.37. The molecule has 0 aliphatic heterocycles. The molecule has 0 bridgehead atoms. The number of carbonyl (C=O) groups excluding carboxylic acids is 1. The molecular weight excluding hydrogens is 599 g/mol. The molecule has 4 rings (SSSR count). The van der Waals surface area contributed by atoms with Crippen LogP contribution in [0.4, 0.5) is 0 Å². The lowest BCUT2D eigenvalue weighted by molar-refractivity contribution is 0.104. The molecule has 0 spiro atoms. The molecule has 218 valence electrons. The number of hydrogen-bond acceptors (Lipinski definition) is 6. The maximum Gasteiger partial charge on any atom is 0.185 e. The van der Waals surface area contributed by atoms with Gasteiger partial charge in [-0.1, -0.05) is 46.9 Å². The molecular formula is C33H29Cl3O6. The third-order valence-electron chi connectivity index (χ3n) is 6.06. The first-order valence-corrected chi connectivity index (χ1v) is 14.2. The lowest BCUT2D eigenvalue weighted by Gasteiger charge is -2.14. The molecule has 0 amide bonds. The number of allylic oxidation sites excluding steroid dienone is 1. The van der Waals surface area contributed by atoms with Crippen LogP contribution in [0.25, 0.3) is 6.08 Å². The Hall–Kier alpha value is -3.84. The molecule has 4 aromatic rings. The fourth-order valence-corrected chi connectivity index (χ4v) is 4.48. The number of methoxy groups -OCH3 is 2. The molecule has 42 heavy (non-hydrogen) atoms. The average Bonchev–Trinajstić information content (AvgIpc) is 3.00. The number of ether oxygens (including phenoxy) is 5. The third kappa shape index (κ3) is 8.83. The van der Waals surface area contributed by atoms with E-state index in [1.54, 1.807) is 87.0 Å². The van der Waals surface area contributed by atoms with E-state index in [2.05, 4.69) is 0 Å². The van der Waals surface area contributed by atoms with Gasteiger partial charge in [0.25, 0.3) is 0 Å². The molecule has 9 heteroatoms. The van der Waals surface area contributed by atoms with Crippen molar-refractivity contribution >= 4 is 46.7 Å². The minimum atomic E-state index is -0.115. The van der Waals surface area contributed by atoms with Crippen LogP contribution in [-0.4, -0.2) is 33.2 Å². The number of carbonyl (C=O) groups is 1. The number of rotatable bonds is 14. The van der Waals surface area contributed by atoms with Gasteiger partial charge in [0, 0.05) is 21.7 Å². The summed E-state index contributed by atoms with van der Waals surface area (Å²) in [5.74, 6) is 3.26. The van der Waals surface area contributed by atoms with Gasteiger partial charge in [0.15, 0.2) is 28.8 Å². The molecule has 0 unspecified atom stereocenters. The number of benzene rings is 4. The topological polar surface area (TPSA) is 63.2 Å². The average molecular weight is 628 g/mol. The number of halogens is 3. The Bertz CT molecular complexity index is 1540. The summed E-state index contributed by atoms with van der Waals surface area (Å²) < 4.78 is 28.3. The summed E-state index contributed by atoms with van der Waals surface area (Å²) in [6.07, 6.45) is 4.76. The normalized spacial score (nSPS) is 10.9. The zero-order valence-corrected chi connectivity index (χ0v) is 25.3. The summed E-state index contributed by atoms with van der Waals surface area (Å²) in [7, 11) is 3.15. The summed E-state index contributed by atoms with van der Waals surface area (Å²) in [4.78, 5) is 12.6. The van der Waals surface area contributed by atoms with Gasteiger partial charge in [0.2, 0.25) is 0 Å².